The van der Waals surface area contributed by atoms with Gasteiger partial charge in [-0.25, -0.2) is 0 Å². The van der Waals surface area contributed by atoms with Crippen molar-refractivity contribution in [2.45, 2.75) is 33.3 Å². The van der Waals surface area contributed by atoms with Crippen LogP contribution in [0.25, 0.3) is 0 Å². The Kier molecular flexibility index (Phi) is 6.00. The molecule has 0 aromatic carbocycles. The summed E-state index contributed by atoms with van der Waals surface area (Å²) in [5, 5.41) is 4.23. The van der Waals surface area contributed by atoms with Gasteiger partial charge in [-0.2, -0.15) is 5.10 Å². The van der Waals surface area contributed by atoms with Gasteiger partial charge in [0.05, 0.1) is 25.5 Å². The Morgan fingerprint density at radius 1 is 1.24 bits per heavy atom. The van der Waals surface area contributed by atoms with Gasteiger partial charge in [0.1, 0.15) is 5.82 Å². The van der Waals surface area contributed by atoms with Crippen molar-refractivity contribution in [3.63, 3.8) is 0 Å². The summed E-state index contributed by atoms with van der Waals surface area (Å²) in [5.74, 6) is 0.675. The van der Waals surface area contributed by atoms with Crippen LogP contribution in [0.3, 0.4) is 0 Å². The summed E-state index contributed by atoms with van der Waals surface area (Å²) in [6.07, 6.45) is 2.26. The Morgan fingerprint density at radius 2 is 1.94 bits per heavy atom. The summed E-state index contributed by atoms with van der Waals surface area (Å²) < 4.78 is 12.6. The van der Waals surface area contributed by atoms with E-state index in [0.717, 1.165) is 30.7 Å². The van der Waals surface area contributed by atoms with Crippen molar-refractivity contribution in [3.8, 4) is 0 Å². The molecule has 0 spiro atoms. The van der Waals surface area contributed by atoms with Gasteiger partial charge in [-0.3, -0.25) is 4.68 Å². The first-order chi connectivity index (χ1) is 8.16. The fourth-order valence-corrected chi connectivity index (χ4v) is 1.54. The molecule has 1 aromatic rings. The minimum absolute atomic E-state index is 0.503. The molecule has 0 aliphatic heterocycles. The summed E-state index contributed by atoms with van der Waals surface area (Å²) in [6.45, 7) is 6.63. The highest BCUT2D eigenvalue weighted by Crippen LogP contribution is 2.15. The fourth-order valence-electron chi connectivity index (χ4n) is 1.54. The summed E-state index contributed by atoms with van der Waals surface area (Å²) >= 11 is 0. The van der Waals surface area contributed by atoms with Crippen molar-refractivity contribution >= 4 is 5.82 Å². The third-order valence-corrected chi connectivity index (χ3v) is 2.66. The van der Waals surface area contributed by atoms with Gasteiger partial charge in [0.15, 0.2) is 0 Å². The largest absolute Gasteiger partial charge is 0.384 e. The second-order valence-electron chi connectivity index (χ2n) is 4.09. The highest BCUT2D eigenvalue weighted by molar-refractivity contribution is 5.42. The molecule has 0 unspecified atom stereocenters. The van der Waals surface area contributed by atoms with Gasteiger partial charge in [0.25, 0.3) is 0 Å². The monoisotopic (exact) mass is 241 g/mol. The van der Waals surface area contributed by atoms with E-state index in [2.05, 4.69) is 12.0 Å². The van der Waals surface area contributed by atoms with E-state index in [-0.39, 0.29) is 0 Å². The van der Waals surface area contributed by atoms with Gasteiger partial charge in [0, 0.05) is 19.2 Å². The molecule has 0 aliphatic carbocycles. The van der Waals surface area contributed by atoms with Crippen molar-refractivity contribution in [2.24, 2.45) is 7.05 Å². The molecule has 0 bridgehead atoms. The van der Waals surface area contributed by atoms with Crippen LogP contribution in [0.15, 0.2) is 0 Å². The van der Waals surface area contributed by atoms with Crippen LogP contribution in [-0.4, -0.2) is 29.6 Å². The second-order valence-corrected chi connectivity index (χ2v) is 4.09. The first kappa shape index (κ1) is 14.0. The topological polar surface area (TPSA) is 62.3 Å². The maximum absolute atomic E-state index is 5.87. The van der Waals surface area contributed by atoms with Crippen LogP contribution in [0.2, 0.25) is 0 Å². The minimum atomic E-state index is 0.503. The smallest absolute Gasteiger partial charge is 0.127 e. The quantitative estimate of drug-likeness (QED) is 0.703. The molecule has 0 saturated heterocycles. The number of nitrogens with zero attached hydrogens (tertiary/aromatic N) is 2. The van der Waals surface area contributed by atoms with Gasteiger partial charge >= 0.3 is 0 Å². The summed E-state index contributed by atoms with van der Waals surface area (Å²) in [6, 6.07) is 0. The minimum Gasteiger partial charge on any atom is -0.384 e. The number of hydrogen-bond acceptors (Lipinski definition) is 4. The number of nitrogens with two attached hydrogens (primary N) is 1. The van der Waals surface area contributed by atoms with Crippen molar-refractivity contribution < 1.29 is 9.47 Å². The van der Waals surface area contributed by atoms with E-state index >= 15 is 0 Å². The maximum atomic E-state index is 5.87. The van der Waals surface area contributed by atoms with Crippen molar-refractivity contribution in [1.29, 1.82) is 0 Å². The Morgan fingerprint density at radius 3 is 2.53 bits per heavy atom. The van der Waals surface area contributed by atoms with Crippen LogP contribution >= 0.6 is 0 Å². The lowest BCUT2D eigenvalue weighted by Crippen LogP contribution is -2.06. The van der Waals surface area contributed by atoms with Crippen LogP contribution in [0.1, 0.15) is 31.0 Å². The Bertz CT molecular complexity index is 337. The number of hydrogen-bond donors (Lipinski definition) is 1. The molecule has 5 heteroatoms. The van der Waals surface area contributed by atoms with Gasteiger partial charge in [-0.1, -0.05) is 13.3 Å². The SMILES string of the molecule is CCCCOCCOCc1c(C)nn(C)c1N. The molecule has 98 valence electrons. The van der Waals surface area contributed by atoms with Crippen molar-refractivity contribution in [1.82, 2.24) is 9.78 Å². The van der Waals surface area contributed by atoms with Crippen LogP contribution < -0.4 is 5.73 Å². The van der Waals surface area contributed by atoms with E-state index < -0.39 is 0 Å². The molecule has 0 fully saturated rings. The molecule has 0 amide bonds. The lowest BCUT2D eigenvalue weighted by molar-refractivity contribution is 0.0397. The molecule has 2 N–H and O–H groups in total. The maximum Gasteiger partial charge on any atom is 0.127 e. The predicted octanol–water partition coefficient (Wildman–Crippen LogP) is 1.64. The molecular weight excluding hydrogens is 218 g/mol. The standard InChI is InChI=1S/C12H23N3O2/c1-4-5-6-16-7-8-17-9-11-10(2)14-15(3)12(11)13/h4-9,13H2,1-3H3. The molecule has 5 nitrogen and oxygen atoms in total. The predicted molar refractivity (Wildman–Crippen MR) is 67.7 cm³/mol. The van der Waals surface area contributed by atoms with Crippen LogP contribution in [0, 0.1) is 6.92 Å². The van der Waals surface area contributed by atoms with E-state index in [1.54, 1.807) is 4.68 Å². The normalized spacial score (nSPS) is 11.0. The summed E-state index contributed by atoms with van der Waals surface area (Å²) in [7, 11) is 1.83. The third-order valence-electron chi connectivity index (χ3n) is 2.66. The molecule has 0 saturated carbocycles. The molecule has 1 heterocycles. The lowest BCUT2D eigenvalue weighted by Gasteiger charge is -2.05. The zero-order chi connectivity index (χ0) is 12.7. The molecule has 0 radical (unpaired) electrons. The summed E-state index contributed by atoms with van der Waals surface area (Å²) in [4.78, 5) is 0. The molecule has 0 atom stereocenters. The van der Waals surface area contributed by atoms with E-state index in [4.69, 9.17) is 15.2 Å². The van der Waals surface area contributed by atoms with Crippen LogP contribution in [0.4, 0.5) is 5.82 Å². The fraction of sp³-hybridized carbons (Fsp3) is 0.750. The van der Waals surface area contributed by atoms with Crippen molar-refractivity contribution in [3.05, 3.63) is 11.3 Å². The average molecular weight is 241 g/mol. The molecule has 17 heavy (non-hydrogen) atoms. The van der Waals surface area contributed by atoms with Gasteiger partial charge in [-0.05, 0) is 13.3 Å². The van der Waals surface area contributed by atoms with Gasteiger partial charge in [0.2, 0.25) is 0 Å². The Balaban J connectivity index is 2.18. The lowest BCUT2D eigenvalue weighted by atomic mass is 10.2. The Hall–Kier alpha value is -1.07. The number of nitrogen functional groups attached to an aromatic ring is 1. The van der Waals surface area contributed by atoms with Gasteiger partial charge < -0.3 is 15.2 Å². The van der Waals surface area contributed by atoms with E-state index in [0.29, 0.717) is 25.6 Å². The number of anilines is 1. The number of unbranched alkanes of at least 4 members (excludes halogenated alkanes) is 1. The first-order valence-corrected chi connectivity index (χ1v) is 6.10. The van der Waals surface area contributed by atoms with Crippen LogP contribution in [-0.2, 0) is 23.1 Å². The van der Waals surface area contributed by atoms with Crippen LogP contribution in [0.5, 0.6) is 0 Å². The highest BCUT2D eigenvalue weighted by Gasteiger charge is 2.09. The summed E-state index contributed by atoms with van der Waals surface area (Å²) in [5.41, 5.74) is 7.77. The number of aryl methyl sites for hydroxylation is 2. The number of rotatable bonds is 8. The third kappa shape index (κ3) is 4.36. The van der Waals surface area contributed by atoms with Gasteiger partial charge in [-0.15, -0.1) is 0 Å². The molecular formula is C12H23N3O2. The average Bonchev–Trinajstić information content (AvgIpc) is 2.54. The zero-order valence-electron chi connectivity index (χ0n) is 11.0. The van der Waals surface area contributed by atoms with Crippen molar-refractivity contribution in [2.75, 3.05) is 25.6 Å². The second kappa shape index (κ2) is 7.29. The molecule has 1 aromatic heterocycles. The molecule has 0 aliphatic rings. The first-order valence-electron chi connectivity index (χ1n) is 6.10. The zero-order valence-corrected chi connectivity index (χ0v) is 11.0. The van der Waals surface area contributed by atoms with E-state index in [9.17, 15) is 0 Å². The number of aromatic nitrogens is 2. The van der Waals surface area contributed by atoms with E-state index in [1.807, 2.05) is 14.0 Å². The molecule has 1 rings (SSSR count). The Labute approximate surface area is 103 Å². The number of ether oxygens (including phenoxy) is 2. The highest BCUT2D eigenvalue weighted by atomic mass is 16.5. The van der Waals surface area contributed by atoms with E-state index in [1.165, 1.54) is 0 Å².